The summed E-state index contributed by atoms with van der Waals surface area (Å²) in [6.45, 7) is 2.64. The number of hydrogen-bond donors (Lipinski definition) is 2. The van der Waals surface area contributed by atoms with Gasteiger partial charge in [-0.2, -0.15) is 0 Å². The standard InChI is InChI=1S/C10H15N3/c1-8-6-9(4-2-3-5-11)13-7-10(8)12/h2,4,6-7H,3,5,11-12H2,1H3. The van der Waals surface area contributed by atoms with Gasteiger partial charge in [-0.3, -0.25) is 4.98 Å². The number of anilines is 1. The average Bonchev–Trinajstić information content (AvgIpc) is 2.12. The molecule has 0 bridgehead atoms. The van der Waals surface area contributed by atoms with Crippen LogP contribution in [-0.4, -0.2) is 11.5 Å². The van der Waals surface area contributed by atoms with Crippen molar-refractivity contribution in [1.82, 2.24) is 4.98 Å². The summed E-state index contributed by atoms with van der Waals surface area (Å²) >= 11 is 0. The van der Waals surface area contributed by atoms with Gasteiger partial charge >= 0.3 is 0 Å². The van der Waals surface area contributed by atoms with Gasteiger partial charge in [0.2, 0.25) is 0 Å². The zero-order valence-corrected chi connectivity index (χ0v) is 7.83. The van der Waals surface area contributed by atoms with Gasteiger partial charge in [0.1, 0.15) is 0 Å². The van der Waals surface area contributed by atoms with E-state index in [0.717, 1.165) is 23.4 Å². The third-order valence-electron chi connectivity index (χ3n) is 1.79. The Morgan fingerprint density at radius 1 is 1.54 bits per heavy atom. The fourth-order valence-electron chi connectivity index (χ4n) is 0.980. The van der Waals surface area contributed by atoms with Crippen molar-refractivity contribution in [1.29, 1.82) is 0 Å². The Morgan fingerprint density at radius 2 is 2.31 bits per heavy atom. The molecule has 4 N–H and O–H groups in total. The maximum atomic E-state index is 5.64. The Hall–Kier alpha value is -1.35. The molecule has 0 saturated heterocycles. The number of aromatic nitrogens is 1. The predicted octanol–water partition coefficient (Wildman–Crippen LogP) is 1.33. The molecular weight excluding hydrogens is 162 g/mol. The van der Waals surface area contributed by atoms with Crippen LogP contribution in [0.5, 0.6) is 0 Å². The topological polar surface area (TPSA) is 64.9 Å². The van der Waals surface area contributed by atoms with Gasteiger partial charge in [0.25, 0.3) is 0 Å². The number of pyridine rings is 1. The van der Waals surface area contributed by atoms with Gasteiger partial charge in [-0.25, -0.2) is 0 Å². The van der Waals surface area contributed by atoms with Crippen molar-refractivity contribution < 1.29 is 0 Å². The number of hydrogen-bond acceptors (Lipinski definition) is 3. The molecule has 0 radical (unpaired) electrons. The predicted molar refractivity (Wildman–Crippen MR) is 56.1 cm³/mol. The highest BCUT2D eigenvalue weighted by Crippen LogP contribution is 2.10. The largest absolute Gasteiger partial charge is 0.397 e. The molecule has 0 atom stereocenters. The summed E-state index contributed by atoms with van der Waals surface area (Å²) < 4.78 is 0. The number of nitrogens with two attached hydrogens (primary N) is 2. The Balaban J connectivity index is 2.73. The molecule has 0 aliphatic rings. The summed E-state index contributed by atoms with van der Waals surface area (Å²) in [6.07, 6.45) is 6.53. The van der Waals surface area contributed by atoms with Crippen LogP contribution >= 0.6 is 0 Å². The van der Waals surface area contributed by atoms with E-state index in [4.69, 9.17) is 11.5 Å². The maximum Gasteiger partial charge on any atom is 0.0630 e. The Kier molecular flexibility index (Phi) is 3.46. The minimum Gasteiger partial charge on any atom is -0.397 e. The second-order valence-electron chi connectivity index (χ2n) is 2.95. The van der Waals surface area contributed by atoms with Crippen LogP contribution in [0.15, 0.2) is 18.3 Å². The SMILES string of the molecule is Cc1cc(C=CCCN)ncc1N. The van der Waals surface area contributed by atoms with E-state index in [9.17, 15) is 0 Å². The second kappa shape index (κ2) is 4.62. The maximum absolute atomic E-state index is 5.64. The highest BCUT2D eigenvalue weighted by molar-refractivity contribution is 5.52. The lowest BCUT2D eigenvalue weighted by molar-refractivity contribution is 1.01. The molecule has 1 heterocycles. The lowest BCUT2D eigenvalue weighted by Gasteiger charge is -1.99. The van der Waals surface area contributed by atoms with Crippen LogP contribution < -0.4 is 11.5 Å². The molecule has 0 fully saturated rings. The van der Waals surface area contributed by atoms with E-state index in [1.165, 1.54) is 0 Å². The van der Waals surface area contributed by atoms with Crippen molar-refractivity contribution >= 4 is 11.8 Å². The molecule has 0 aromatic carbocycles. The lowest BCUT2D eigenvalue weighted by Crippen LogP contribution is -1.95. The van der Waals surface area contributed by atoms with Gasteiger partial charge in [0, 0.05) is 0 Å². The van der Waals surface area contributed by atoms with E-state index in [1.807, 2.05) is 25.1 Å². The number of aryl methyl sites for hydroxylation is 1. The van der Waals surface area contributed by atoms with E-state index in [2.05, 4.69) is 4.98 Å². The first-order chi connectivity index (χ1) is 6.24. The monoisotopic (exact) mass is 177 g/mol. The summed E-state index contributed by atoms with van der Waals surface area (Å²) in [7, 11) is 0. The molecule has 0 spiro atoms. The number of nitrogens with zero attached hydrogens (tertiary/aromatic N) is 1. The third kappa shape index (κ3) is 2.87. The van der Waals surface area contributed by atoms with Crippen LogP contribution in [0.25, 0.3) is 6.08 Å². The van der Waals surface area contributed by atoms with Gasteiger partial charge in [-0.15, -0.1) is 0 Å². The molecule has 0 aliphatic heterocycles. The van der Waals surface area contributed by atoms with E-state index >= 15 is 0 Å². The minimum atomic E-state index is 0.671. The highest BCUT2D eigenvalue weighted by Gasteiger charge is 1.93. The van der Waals surface area contributed by atoms with Crippen LogP contribution in [0.3, 0.4) is 0 Å². The number of rotatable bonds is 3. The van der Waals surface area contributed by atoms with Crippen LogP contribution in [0.2, 0.25) is 0 Å². The van der Waals surface area contributed by atoms with Crippen molar-refractivity contribution in [2.75, 3.05) is 12.3 Å². The van der Waals surface area contributed by atoms with E-state index < -0.39 is 0 Å². The zero-order chi connectivity index (χ0) is 9.68. The van der Waals surface area contributed by atoms with Crippen molar-refractivity contribution in [3.63, 3.8) is 0 Å². The van der Waals surface area contributed by atoms with Crippen LogP contribution in [0, 0.1) is 6.92 Å². The Morgan fingerprint density at radius 3 is 2.92 bits per heavy atom. The van der Waals surface area contributed by atoms with Crippen LogP contribution in [0.1, 0.15) is 17.7 Å². The molecule has 0 amide bonds. The van der Waals surface area contributed by atoms with Crippen molar-refractivity contribution in [3.8, 4) is 0 Å². The normalized spacial score (nSPS) is 10.9. The Labute approximate surface area is 78.5 Å². The van der Waals surface area contributed by atoms with Crippen LogP contribution in [0.4, 0.5) is 5.69 Å². The summed E-state index contributed by atoms with van der Waals surface area (Å²) in [4.78, 5) is 4.16. The van der Waals surface area contributed by atoms with Gasteiger partial charge in [-0.05, 0) is 37.6 Å². The third-order valence-corrected chi connectivity index (χ3v) is 1.79. The van der Waals surface area contributed by atoms with Crippen molar-refractivity contribution in [3.05, 3.63) is 29.6 Å². The first kappa shape index (κ1) is 9.74. The molecule has 13 heavy (non-hydrogen) atoms. The fraction of sp³-hybridized carbons (Fsp3) is 0.300. The molecule has 3 heteroatoms. The first-order valence-corrected chi connectivity index (χ1v) is 4.33. The number of nitrogen functional groups attached to an aromatic ring is 1. The zero-order valence-electron chi connectivity index (χ0n) is 7.83. The van der Waals surface area contributed by atoms with E-state index in [0.29, 0.717) is 6.54 Å². The van der Waals surface area contributed by atoms with E-state index in [-0.39, 0.29) is 0 Å². The molecule has 0 saturated carbocycles. The summed E-state index contributed by atoms with van der Waals surface area (Å²) in [5, 5.41) is 0. The molecule has 1 aromatic rings. The summed E-state index contributed by atoms with van der Waals surface area (Å²) in [5.74, 6) is 0. The van der Waals surface area contributed by atoms with Crippen molar-refractivity contribution in [2.45, 2.75) is 13.3 Å². The quantitative estimate of drug-likeness (QED) is 0.732. The first-order valence-electron chi connectivity index (χ1n) is 4.33. The highest BCUT2D eigenvalue weighted by atomic mass is 14.7. The molecule has 1 rings (SSSR count). The minimum absolute atomic E-state index is 0.671. The molecule has 0 aliphatic carbocycles. The smallest absolute Gasteiger partial charge is 0.0630 e. The van der Waals surface area contributed by atoms with Crippen LogP contribution in [-0.2, 0) is 0 Å². The van der Waals surface area contributed by atoms with E-state index in [1.54, 1.807) is 6.20 Å². The Bertz CT molecular complexity index is 305. The summed E-state index contributed by atoms with van der Waals surface area (Å²) in [5.41, 5.74) is 13.7. The second-order valence-corrected chi connectivity index (χ2v) is 2.95. The van der Waals surface area contributed by atoms with Gasteiger partial charge < -0.3 is 11.5 Å². The van der Waals surface area contributed by atoms with Gasteiger partial charge in [0.15, 0.2) is 0 Å². The average molecular weight is 177 g/mol. The molecule has 70 valence electrons. The fourth-order valence-corrected chi connectivity index (χ4v) is 0.980. The van der Waals surface area contributed by atoms with Crippen molar-refractivity contribution in [2.24, 2.45) is 5.73 Å². The molecular formula is C10H15N3. The van der Waals surface area contributed by atoms with Gasteiger partial charge in [-0.1, -0.05) is 6.08 Å². The lowest BCUT2D eigenvalue weighted by atomic mass is 10.2. The molecule has 1 aromatic heterocycles. The molecule has 0 unspecified atom stereocenters. The molecule has 3 nitrogen and oxygen atoms in total. The van der Waals surface area contributed by atoms with Gasteiger partial charge in [0.05, 0.1) is 17.6 Å². The summed E-state index contributed by atoms with van der Waals surface area (Å²) in [6, 6.07) is 1.96.